The summed E-state index contributed by atoms with van der Waals surface area (Å²) in [6.45, 7) is 2.30. The summed E-state index contributed by atoms with van der Waals surface area (Å²) in [6.07, 6.45) is 0.889. The molecule has 0 saturated heterocycles. The van der Waals surface area contributed by atoms with Gasteiger partial charge in [-0.2, -0.15) is 5.26 Å². The van der Waals surface area contributed by atoms with Crippen LogP contribution in [0.15, 0.2) is 29.2 Å². The molecule has 1 aromatic carbocycles. The highest BCUT2D eigenvalue weighted by Crippen LogP contribution is 2.12. The molecule has 0 aliphatic carbocycles. The molecule has 0 radical (unpaired) electrons. The van der Waals surface area contributed by atoms with E-state index in [1.165, 1.54) is 12.1 Å². The van der Waals surface area contributed by atoms with E-state index < -0.39 is 10.0 Å². The van der Waals surface area contributed by atoms with Crippen LogP contribution in [0, 0.1) is 11.3 Å². The Labute approximate surface area is 114 Å². The number of ether oxygens (including phenoxy) is 1. The summed E-state index contributed by atoms with van der Waals surface area (Å²) >= 11 is 0. The molecule has 0 aromatic heterocycles. The molecular weight excluding hydrogens is 264 g/mol. The van der Waals surface area contributed by atoms with Crippen LogP contribution in [0.25, 0.3) is 0 Å². The van der Waals surface area contributed by atoms with Crippen molar-refractivity contribution in [3.63, 3.8) is 0 Å². The van der Waals surface area contributed by atoms with E-state index in [1.54, 1.807) is 26.2 Å². The minimum Gasteiger partial charge on any atom is -0.385 e. The number of sulfonamides is 1. The number of methoxy groups -OCH3 is 1. The van der Waals surface area contributed by atoms with E-state index in [0.717, 1.165) is 5.56 Å². The average molecular weight is 282 g/mol. The summed E-state index contributed by atoms with van der Waals surface area (Å²) in [7, 11) is -1.93. The maximum Gasteiger partial charge on any atom is 0.240 e. The maximum atomic E-state index is 12.1. The van der Waals surface area contributed by atoms with Gasteiger partial charge in [-0.25, -0.2) is 13.1 Å². The molecule has 0 aliphatic rings. The summed E-state index contributed by atoms with van der Waals surface area (Å²) < 4.78 is 31.6. The molecule has 1 aromatic rings. The smallest absolute Gasteiger partial charge is 0.240 e. The van der Waals surface area contributed by atoms with Gasteiger partial charge in [-0.3, -0.25) is 0 Å². The van der Waals surface area contributed by atoms with Crippen LogP contribution in [-0.2, 0) is 21.2 Å². The minimum absolute atomic E-state index is 0.191. The van der Waals surface area contributed by atoms with Gasteiger partial charge in [-0.05, 0) is 31.0 Å². The molecule has 0 bridgehead atoms. The van der Waals surface area contributed by atoms with E-state index in [9.17, 15) is 8.42 Å². The summed E-state index contributed by atoms with van der Waals surface area (Å²) in [6, 6.07) is 8.15. The zero-order valence-electron chi connectivity index (χ0n) is 11.1. The molecule has 19 heavy (non-hydrogen) atoms. The molecule has 0 fully saturated rings. The molecule has 0 aliphatic heterocycles. The van der Waals surface area contributed by atoms with Gasteiger partial charge in [-0.1, -0.05) is 12.1 Å². The fraction of sp³-hybridized carbons (Fsp3) is 0.462. The van der Waals surface area contributed by atoms with Gasteiger partial charge in [0.05, 0.1) is 17.4 Å². The number of hydrogen-bond donors (Lipinski definition) is 1. The lowest BCUT2D eigenvalue weighted by molar-refractivity contribution is 0.188. The third-order valence-electron chi connectivity index (χ3n) is 2.63. The average Bonchev–Trinajstić information content (AvgIpc) is 2.37. The van der Waals surface area contributed by atoms with Gasteiger partial charge >= 0.3 is 0 Å². The SMILES string of the molecule is COCCC(C)NS(=O)(=O)c1ccc(CC#N)cc1. The summed E-state index contributed by atoms with van der Waals surface area (Å²) in [4.78, 5) is 0.207. The molecule has 1 rings (SSSR count). The fourth-order valence-electron chi connectivity index (χ4n) is 1.56. The summed E-state index contributed by atoms with van der Waals surface area (Å²) in [5.74, 6) is 0. The molecule has 104 valence electrons. The van der Waals surface area contributed by atoms with Gasteiger partial charge < -0.3 is 4.74 Å². The first-order valence-electron chi connectivity index (χ1n) is 5.96. The molecule has 5 nitrogen and oxygen atoms in total. The Bertz CT molecular complexity index is 532. The van der Waals surface area contributed by atoms with E-state index in [4.69, 9.17) is 10.00 Å². The van der Waals surface area contributed by atoms with Crippen molar-refractivity contribution in [1.29, 1.82) is 5.26 Å². The first-order valence-corrected chi connectivity index (χ1v) is 7.45. The van der Waals surface area contributed by atoms with E-state index >= 15 is 0 Å². The second-order valence-corrected chi connectivity index (χ2v) is 6.00. The third-order valence-corrected chi connectivity index (χ3v) is 4.23. The van der Waals surface area contributed by atoms with Gasteiger partial charge in [0.15, 0.2) is 0 Å². The van der Waals surface area contributed by atoms with E-state index in [2.05, 4.69) is 4.72 Å². The largest absolute Gasteiger partial charge is 0.385 e. The molecule has 0 amide bonds. The molecule has 0 saturated carbocycles. The van der Waals surface area contributed by atoms with Crippen LogP contribution in [0.5, 0.6) is 0 Å². The lowest BCUT2D eigenvalue weighted by Crippen LogP contribution is -2.33. The van der Waals surface area contributed by atoms with Crippen LogP contribution in [0.1, 0.15) is 18.9 Å². The second kappa shape index (κ2) is 7.24. The molecular formula is C13H18N2O3S. The van der Waals surface area contributed by atoms with E-state index in [1.807, 2.05) is 6.07 Å². The van der Waals surface area contributed by atoms with Crippen LogP contribution in [0.3, 0.4) is 0 Å². The predicted octanol–water partition coefficient (Wildman–Crippen LogP) is 1.46. The number of benzene rings is 1. The Hall–Kier alpha value is -1.42. The van der Waals surface area contributed by atoms with Crippen molar-refractivity contribution in [3.05, 3.63) is 29.8 Å². The van der Waals surface area contributed by atoms with Crippen molar-refractivity contribution < 1.29 is 13.2 Å². The minimum atomic E-state index is -3.51. The quantitative estimate of drug-likeness (QED) is 0.821. The molecule has 1 unspecified atom stereocenters. The first kappa shape index (κ1) is 15.6. The Morgan fingerprint density at radius 2 is 2.00 bits per heavy atom. The van der Waals surface area contributed by atoms with Crippen LogP contribution in [0.4, 0.5) is 0 Å². The van der Waals surface area contributed by atoms with Crippen LogP contribution in [-0.4, -0.2) is 28.2 Å². The van der Waals surface area contributed by atoms with Gasteiger partial charge in [0, 0.05) is 19.8 Å². The molecule has 0 heterocycles. The Morgan fingerprint density at radius 3 is 2.53 bits per heavy atom. The maximum absolute atomic E-state index is 12.1. The van der Waals surface area contributed by atoms with Crippen LogP contribution in [0.2, 0.25) is 0 Å². The summed E-state index contributed by atoms with van der Waals surface area (Å²) in [5, 5.41) is 8.56. The Kier molecular flexibility index (Phi) is 5.96. The highest BCUT2D eigenvalue weighted by atomic mass is 32.2. The second-order valence-electron chi connectivity index (χ2n) is 4.28. The van der Waals surface area contributed by atoms with Gasteiger partial charge in [0.2, 0.25) is 10.0 Å². The lowest BCUT2D eigenvalue weighted by Gasteiger charge is -2.13. The normalized spacial score (nSPS) is 12.9. The Morgan fingerprint density at radius 1 is 1.37 bits per heavy atom. The van der Waals surface area contributed by atoms with E-state index in [-0.39, 0.29) is 17.4 Å². The Balaban J connectivity index is 2.74. The number of nitriles is 1. The standard InChI is InChI=1S/C13H18N2O3S/c1-11(8-10-18-2)15-19(16,17)13-5-3-12(4-6-13)7-9-14/h3-6,11,15H,7-8,10H2,1-2H3. The van der Waals surface area contributed by atoms with Gasteiger partial charge in [0.25, 0.3) is 0 Å². The predicted molar refractivity (Wildman–Crippen MR) is 72.0 cm³/mol. The number of hydrogen-bond acceptors (Lipinski definition) is 4. The first-order chi connectivity index (χ1) is 8.99. The number of nitrogens with zero attached hydrogens (tertiary/aromatic N) is 1. The van der Waals surface area contributed by atoms with Crippen molar-refractivity contribution in [2.75, 3.05) is 13.7 Å². The highest BCUT2D eigenvalue weighted by molar-refractivity contribution is 7.89. The third kappa shape index (κ3) is 4.99. The zero-order valence-corrected chi connectivity index (χ0v) is 11.9. The van der Waals surface area contributed by atoms with Crippen molar-refractivity contribution in [2.45, 2.75) is 30.7 Å². The highest BCUT2D eigenvalue weighted by Gasteiger charge is 2.16. The molecule has 6 heteroatoms. The lowest BCUT2D eigenvalue weighted by atomic mass is 10.2. The number of nitrogens with one attached hydrogen (secondary N) is 1. The van der Waals surface area contributed by atoms with E-state index in [0.29, 0.717) is 13.0 Å². The molecule has 0 spiro atoms. The van der Waals surface area contributed by atoms with Crippen molar-refractivity contribution in [3.8, 4) is 6.07 Å². The fourth-order valence-corrected chi connectivity index (χ4v) is 2.84. The topological polar surface area (TPSA) is 79.2 Å². The van der Waals surface area contributed by atoms with Gasteiger partial charge in [0.1, 0.15) is 0 Å². The monoisotopic (exact) mass is 282 g/mol. The van der Waals surface area contributed by atoms with Crippen LogP contribution >= 0.6 is 0 Å². The zero-order chi connectivity index (χ0) is 14.3. The molecule has 1 atom stereocenters. The van der Waals surface area contributed by atoms with Gasteiger partial charge in [-0.15, -0.1) is 0 Å². The number of rotatable bonds is 7. The van der Waals surface area contributed by atoms with Crippen molar-refractivity contribution in [2.24, 2.45) is 0 Å². The van der Waals surface area contributed by atoms with Crippen molar-refractivity contribution >= 4 is 10.0 Å². The van der Waals surface area contributed by atoms with Crippen molar-refractivity contribution in [1.82, 2.24) is 4.72 Å². The van der Waals surface area contributed by atoms with Crippen LogP contribution < -0.4 is 4.72 Å². The molecule has 1 N–H and O–H groups in total. The summed E-state index contributed by atoms with van der Waals surface area (Å²) in [5.41, 5.74) is 0.800.